The van der Waals surface area contributed by atoms with Crippen molar-refractivity contribution in [3.05, 3.63) is 223 Å². The third kappa shape index (κ3) is 10.7. The van der Waals surface area contributed by atoms with Crippen LogP contribution in [-0.2, 0) is 21.7 Å². The molecule has 8 aromatic carbocycles. The van der Waals surface area contributed by atoms with Crippen LogP contribution in [0.1, 0.15) is 105 Å². The molecule has 9 aromatic rings. The fourth-order valence-electron chi connectivity index (χ4n) is 9.43. The molecule has 350 valence electrons. The van der Waals surface area contributed by atoms with E-state index in [0.717, 1.165) is 33.5 Å². The van der Waals surface area contributed by atoms with Crippen LogP contribution in [0.3, 0.4) is 0 Å². The summed E-state index contributed by atoms with van der Waals surface area (Å²) in [7, 11) is 0. The van der Waals surface area contributed by atoms with Crippen LogP contribution in [0.2, 0.25) is 0 Å². The highest BCUT2D eigenvalue weighted by molar-refractivity contribution is 5.89. The molecule has 9 rings (SSSR count). The van der Waals surface area contributed by atoms with Crippen LogP contribution in [0.25, 0.3) is 89.1 Å². The van der Waals surface area contributed by atoms with E-state index in [4.69, 9.17) is 4.98 Å². The summed E-state index contributed by atoms with van der Waals surface area (Å²) >= 11 is 0. The van der Waals surface area contributed by atoms with Gasteiger partial charge in [-0.2, -0.15) is 0 Å². The Kier molecular flexibility index (Phi) is 12.8. The standard InChI is InChI=1S/C69H69N/c1-66(2,3)61-27-19-46(20-28-61)52-37-53(47-21-29-62(30-22-47)67(4,5)6)40-57(39-52)59-43-56(50-16-15-17-51(36-50)65-18-13-14-35-70-65)44-60(45-59)58-41-54(48-23-31-63(32-24-48)68(7,8)9)38-55(42-58)49-25-33-64(34-26-49)69(10,11)12/h13-45H,1-12H3. The minimum atomic E-state index is 0.0635. The Balaban J connectivity index is 1.28. The highest BCUT2D eigenvalue weighted by atomic mass is 14.7. The van der Waals surface area contributed by atoms with Crippen molar-refractivity contribution < 1.29 is 0 Å². The molecule has 0 fully saturated rings. The van der Waals surface area contributed by atoms with E-state index in [9.17, 15) is 0 Å². The minimum absolute atomic E-state index is 0.0635. The lowest BCUT2D eigenvalue weighted by molar-refractivity contribution is 0.590. The average molecular weight is 912 g/mol. The maximum Gasteiger partial charge on any atom is 0.0702 e. The zero-order valence-electron chi connectivity index (χ0n) is 43.5. The molecule has 1 heterocycles. The van der Waals surface area contributed by atoms with Gasteiger partial charge in [0.1, 0.15) is 0 Å². The summed E-state index contributed by atoms with van der Waals surface area (Å²) in [5.74, 6) is 0. The zero-order valence-corrected chi connectivity index (χ0v) is 43.5. The molecular weight excluding hydrogens is 843 g/mol. The Morgan fingerprint density at radius 2 is 0.457 bits per heavy atom. The molecule has 0 N–H and O–H groups in total. The normalized spacial score (nSPS) is 12.3. The first kappa shape index (κ1) is 48.0. The number of nitrogens with zero attached hydrogens (tertiary/aromatic N) is 1. The molecule has 0 spiro atoms. The van der Waals surface area contributed by atoms with Crippen molar-refractivity contribution in [2.45, 2.75) is 105 Å². The molecule has 70 heavy (non-hydrogen) atoms. The number of hydrogen-bond donors (Lipinski definition) is 0. The van der Waals surface area contributed by atoms with Gasteiger partial charge in [-0.15, -0.1) is 0 Å². The first-order chi connectivity index (χ1) is 33.2. The molecule has 0 aliphatic carbocycles. The third-order valence-corrected chi connectivity index (χ3v) is 14.0. The quantitative estimate of drug-likeness (QED) is 0.148. The van der Waals surface area contributed by atoms with Gasteiger partial charge in [-0.1, -0.05) is 204 Å². The summed E-state index contributed by atoms with van der Waals surface area (Å²) < 4.78 is 0. The minimum Gasteiger partial charge on any atom is -0.256 e. The highest BCUT2D eigenvalue weighted by Crippen LogP contribution is 2.41. The molecule has 0 aliphatic heterocycles. The number of benzene rings is 8. The first-order valence-corrected chi connectivity index (χ1v) is 25.1. The Bertz CT molecular complexity index is 2940. The van der Waals surface area contributed by atoms with E-state index in [-0.39, 0.29) is 21.7 Å². The Morgan fingerprint density at radius 3 is 0.714 bits per heavy atom. The highest BCUT2D eigenvalue weighted by Gasteiger charge is 2.19. The maximum atomic E-state index is 4.74. The summed E-state index contributed by atoms with van der Waals surface area (Å²) in [5.41, 5.74) is 24.1. The SMILES string of the molecule is CC(C)(C)c1ccc(-c2cc(-c3ccc(C(C)(C)C)cc3)cc(-c3cc(-c4cc(-c5ccc(C(C)(C)C)cc5)cc(-c5ccc(C(C)(C)C)cc5)c4)cc(-c4cccc(-c5ccccn5)c4)c3)c2)cc1. The van der Waals surface area contributed by atoms with Gasteiger partial charge in [-0.3, -0.25) is 4.98 Å². The van der Waals surface area contributed by atoms with E-state index in [0.29, 0.717) is 0 Å². The molecule has 1 heteroatoms. The topological polar surface area (TPSA) is 12.9 Å². The molecule has 0 bridgehead atoms. The molecule has 1 aromatic heterocycles. The van der Waals surface area contributed by atoms with Crippen LogP contribution in [0.5, 0.6) is 0 Å². The summed E-state index contributed by atoms with van der Waals surface area (Å²) in [6.07, 6.45) is 1.87. The van der Waals surface area contributed by atoms with E-state index in [1.54, 1.807) is 0 Å². The second-order valence-corrected chi connectivity index (χ2v) is 23.5. The van der Waals surface area contributed by atoms with Crippen LogP contribution < -0.4 is 0 Å². The predicted molar refractivity (Wildman–Crippen MR) is 303 cm³/mol. The van der Waals surface area contributed by atoms with E-state index in [1.165, 1.54) is 77.9 Å². The van der Waals surface area contributed by atoms with Gasteiger partial charge < -0.3 is 0 Å². The largest absolute Gasteiger partial charge is 0.256 e. The van der Waals surface area contributed by atoms with Crippen molar-refractivity contribution in [1.82, 2.24) is 4.98 Å². The summed E-state index contributed by atoms with van der Waals surface area (Å²) in [6.45, 7) is 27.4. The zero-order chi connectivity index (χ0) is 49.6. The van der Waals surface area contributed by atoms with Gasteiger partial charge in [0.25, 0.3) is 0 Å². The fraction of sp³-hybridized carbons (Fsp3) is 0.232. The van der Waals surface area contributed by atoms with Gasteiger partial charge in [-0.25, -0.2) is 0 Å². The van der Waals surface area contributed by atoms with Crippen molar-refractivity contribution in [1.29, 1.82) is 0 Å². The number of pyridine rings is 1. The lowest BCUT2D eigenvalue weighted by atomic mass is 9.84. The summed E-state index contributed by atoms with van der Waals surface area (Å²) in [4.78, 5) is 4.74. The first-order valence-electron chi connectivity index (χ1n) is 25.1. The average Bonchev–Trinajstić information content (AvgIpc) is 3.35. The monoisotopic (exact) mass is 912 g/mol. The van der Waals surface area contributed by atoms with E-state index in [2.05, 4.69) is 271 Å². The van der Waals surface area contributed by atoms with Crippen molar-refractivity contribution >= 4 is 0 Å². The summed E-state index contributed by atoms with van der Waals surface area (Å²) in [5, 5.41) is 0. The van der Waals surface area contributed by atoms with E-state index >= 15 is 0 Å². The van der Waals surface area contributed by atoms with Gasteiger partial charge in [-0.05, 0) is 195 Å². The van der Waals surface area contributed by atoms with Crippen LogP contribution in [0.4, 0.5) is 0 Å². The smallest absolute Gasteiger partial charge is 0.0702 e. The van der Waals surface area contributed by atoms with Gasteiger partial charge in [0.15, 0.2) is 0 Å². The molecular formula is C69H69N. The summed E-state index contributed by atoms with van der Waals surface area (Å²) in [6, 6.07) is 73.2. The maximum absolute atomic E-state index is 4.74. The number of hydrogen-bond acceptors (Lipinski definition) is 1. The van der Waals surface area contributed by atoms with Crippen LogP contribution in [0, 0.1) is 0 Å². The predicted octanol–water partition coefficient (Wildman–Crippen LogP) is 19.6. The molecule has 0 saturated heterocycles. The molecule has 0 saturated carbocycles. The Morgan fingerprint density at radius 1 is 0.214 bits per heavy atom. The van der Waals surface area contributed by atoms with Crippen LogP contribution >= 0.6 is 0 Å². The van der Waals surface area contributed by atoms with Gasteiger partial charge in [0.05, 0.1) is 5.69 Å². The van der Waals surface area contributed by atoms with Gasteiger partial charge >= 0.3 is 0 Å². The Hall–Kier alpha value is -7.09. The number of rotatable bonds is 8. The van der Waals surface area contributed by atoms with Crippen molar-refractivity contribution in [2.75, 3.05) is 0 Å². The molecule has 0 aliphatic rings. The lowest BCUT2D eigenvalue weighted by Crippen LogP contribution is -2.10. The number of aromatic nitrogens is 1. The fourth-order valence-corrected chi connectivity index (χ4v) is 9.43. The van der Waals surface area contributed by atoms with E-state index < -0.39 is 0 Å². The van der Waals surface area contributed by atoms with E-state index in [1.807, 2.05) is 12.3 Å². The third-order valence-electron chi connectivity index (χ3n) is 14.0. The van der Waals surface area contributed by atoms with Gasteiger partial charge in [0, 0.05) is 11.8 Å². The molecule has 0 unspecified atom stereocenters. The van der Waals surface area contributed by atoms with Crippen molar-refractivity contribution in [3.8, 4) is 89.1 Å². The van der Waals surface area contributed by atoms with Crippen molar-refractivity contribution in [3.63, 3.8) is 0 Å². The molecule has 1 nitrogen and oxygen atoms in total. The lowest BCUT2D eigenvalue weighted by Gasteiger charge is -2.20. The van der Waals surface area contributed by atoms with Crippen molar-refractivity contribution in [2.24, 2.45) is 0 Å². The Labute approximate surface area is 419 Å². The molecule has 0 amide bonds. The molecule has 0 radical (unpaired) electrons. The second kappa shape index (κ2) is 18.7. The second-order valence-electron chi connectivity index (χ2n) is 23.5. The van der Waals surface area contributed by atoms with Crippen LogP contribution in [-0.4, -0.2) is 4.98 Å². The molecule has 0 atom stereocenters. The van der Waals surface area contributed by atoms with Crippen LogP contribution in [0.15, 0.2) is 200 Å². The van der Waals surface area contributed by atoms with Gasteiger partial charge in [0.2, 0.25) is 0 Å².